The van der Waals surface area contributed by atoms with Crippen LogP contribution in [0.25, 0.3) is 5.76 Å². The molecule has 2 heterocycles. The maximum absolute atomic E-state index is 12.5. The van der Waals surface area contributed by atoms with Gasteiger partial charge in [-0.25, -0.2) is 4.79 Å². The molecule has 2 aliphatic rings. The molecule has 1 aliphatic carbocycles. The third-order valence-corrected chi connectivity index (χ3v) is 3.91. The molecule has 0 amide bonds. The monoisotopic (exact) mass is 247 g/mol. The zero-order valence-electron chi connectivity index (χ0n) is 9.97. The molecule has 1 N–H and O–H groups in total. The zero-order valence-corrected chi connectivity index (χ0v) is 9.97. The first-order valence-electron chi connectivity index (χ1n) is 5.86. The molecule has 0 bridgehead atoms. The van der Waals surface area contributed by atoms with Crippen molar-refractivity contribution in [1.29, 1.82) is 0 Å². The van der Waals surface area contributed by atoms with Crippen molar-refractivity contribution in [3.05, 3.63) is 29.6 Å². The molecule has 3 rings (SSSR count). The lowest BCUT2D eigenvalue weighted by molar-refractivity contribution is -0.140. The van der Waals surface area contributed by atoms with Crippen molar-refractivity contribution in [2.45, 2.75) is 24.8 Å². The Morgan fingerprint density at radius 3 is 2.78 bits per heavy atom. The average Bonchev–Trinajstić information content (AvgIpc) is 2.76. The summed E-state index contributed by atoms with van der Waals surface area (Å²) in [7, 11) is 1.21. The number of aromatic nitrogens is 1. The van der Waals surface area contributed by atoms with Crippen LogP contribution in [0, 0.1) is 0 Å². The maximum atomic E-state index is 12.5. The summed E-state index contributed by atoms with van der Waals surface area (Å²) in [5.41, 5.74) is -0.396. The molecule has 5 nitrogen and oxygen atoms in total. The number of methoxy groups -OCH3 is 1. The molecule has 1 aromatic rings. The van der Waals surface area contributed by atoms with E-state index < -0.39 is 11.5 Å². The fraction of sp³-hybridized carbons (Fsp3) is 0.385. The minimum absolute atomic E-state index is 0.219. The number of fused-ring (bicyclic) bond motifs is 2. The van der Waals surface area contributed by atoms with Gasteiger partial charge in [0.1, 0.15) is 11.1 Å². The molecular weight excluding hydrogens is 234 g/mol. The lowest BCUT2D eigenvalue weighted by Gasteiger charge is -2.45. The Hall–Kier alpha value is -2.04. The summed E-state index contributed by atoms with van der Waals surface area (Å²) in [5, 5.41) is 10.1. The molecule has 1 aliphatic heterocycles. The third-order valence-electron chi connectivity index (χ3n) is 3.91. The molecule has 94 valence electrons. The topological polar surface area (TPSA) is 68.5 Å². The van der Waals surface area contributed by atoms with E-state index in [4.69, 9.17) is 0 Å². The molecule has 0 unspecified atom stereocenters. The minimum Gasteiger partial charge on any atom is -0.505 e. The summed E-state index contributed by atoms with van der Waals surface area (Å²) in [6.45, 7) is 0. The van der Waals surface area contributed by atoms with Crippen LogP contribution >= 0.6 is 0 Å². The first kappa shape index (κ1) is 11.1. The van der Waals surface area contributed by atoms with Gasteiger partial charge in [0.25, 0.3) is 0 Å². The molecule has 0 radical (unpaired) electrons. The Bertz CT molecular complexity index is 578. The summed E-state index contributed by atoms with van der Waals surface area (Å²) < 4.78 is 6.38. The fourth-order valence-electron chi connectivity index (χ4n) is 2.80. The molecule has 18 heavy (non-hydrogen) atoms. The van der Waals surface area contributed by atoms with E-state index in [2.05, 4.69) is 4.74 Å². The summed E-state index contributed by atoms with van der Waals surface area (Å²) in [6.07, 6.45) is 4.11. The van der Waals surface area contributed by atoms with Crippen molar-refractivity contribution >= 4 is 17.5 Å². The van der Waals surface area contributed by atoms with Gasteiger partial charge in [-0.1, -0.05) is 0 Å². The van der Waals surface area contributed by atoms with Crippen LogP contribution in [0.3, 0.4) is 0 Å². The highest BCUT2D eigenvalue weighted by Crippen LogP contribution is 2.47. The molecule has 0 atom stereocenters. The van der Waals surface area contributed by atoms with Gasteiger partial charge in [-0.05, 0) is 31.4 Å². The van der Waals surface area contributed by atoms with Crippen molar-refractivity contribution in [2.24, 2.45) is 0 Å². The van der Waals surface area contributed by atoms with Crippen molar-refractivity contribution in [1.82, 2.24) is 4.57 Å². The number of carbonyl (C=O) groups excluding carboxylic acids is 2. The van der Waals surface area contributed by atoms with E-state index in [1.807, 2.05) is 0 Å². The number of Topliss-reactive ketones (excluding diaryl/α,β-unsaturated/α-hetero) is 1. The van der Waals surface area contributed by atoms with Crippen LogP contribution < -0.4 is 0 Å². The van der Waals surface area contributed by atoms with Gasteiger partial charge in [0, 0.05) is 6.20 Å². The first-order valence-corrected chi connectivity index (χ1v) is 5.86. The van der Waals surface area contributed by atoms with Crippen LogP contribution in [0.1, 0.15) is 25.0 Å². The van der Waals surface area contributed by atoms with Crippen LogP contribution in [0.15, 0.2) is 23.9 Å². The van der Waals surface area contributed by atoms with Crippen LogP contribution in [0.4, 0.5) is 0 Å². The van der Waals surface area contributed by atoms with Crippen molar-refractivity contribution < 1.29 is 19.4 Å². The van der Waals surface area contributed by atoms with E-state index in [1.165, 1.54) is 7.11 Å². The van der Waals surface area contributed by atoms with Gasteiger partial charge in [0.2, 0.25) is 0 Å². The normalized spacial score (nSPS) is 20.6. The number of aliphatic hydroxyl groups is 1. The molecule has 1 aromatic heterocycles. The van der Waals surface area contributed by atoms with Gasteiger partial charge >= 0.3 is 5.97 Å². The highest BCUT2D eigenvalue weighted by molar-refractivity contribution is 6.25. The van der Waals surface area contributed by atoms with Crippen LogP contribution in [0.5, 0.6) is 0 Å². The number of esters is 1. The third kappa shape index (κ3) is 1.11. The van der Waals surface area contributed by atoms with Crippen LogP contribution in [0.2, 0.25) is 0 Å². The number of hydrogen-bond donors (Lipinski definition) is 1. The number of nitrogens with zero attached hydrogens (tertiary/aromatic N) is 1. The fourth-order valence-corrected chi connectivity index (χ4v) is 2.80. The van der Waals surface area contributed by atoms with Crippen molar-refractivity contribution in [3.63, 3.8) is 0 Å². The number of ether oxygens (including phenoxy) is 1. The molecule has 1 fully saturated rings. The Morgan fingerprint density at radius 1 is 1.50 bits per heavy atom. The zero-order chi connectivity index (χ0) is 12.9. The highest BCUT2D eigenvalue weighted by atomic mass is 16.5. The van der Waals surface area contributed by atoms with E-state index >= 15 is 0 Å². The van der Waals surface area contributed by atoms with Crippen LogP contribution in [-0.4, -0.2) is 28.5 Å². The Morgan fingerprint density at radius 2 is 2.22 bits per heavy atom. The van der Waals surface area contributed by atoms with Crippen molar-refractivity contribution in [3.8, 4) is 0 Å². The summed E-state index contributed by atoms with van der Waals surface area (Å²) >= 11 is 0. The quantitative estimate of drug-likeness (QED) is 0.601. The van der Waals surface area contributed by atoms with E-state index in [0.717, 1.165) is 6.42 Å². The molecule has 5 heteroatoms. The Kier molecular flexibility index (Phi) is 2.14. The Balaban J connectivity index is 2.24. The molecular formula is C13H13NO4. The number of ketones is 1. The number of rotatable bonds is 1. The first-order chi connectivity index (χ1) is 8.62. The smallest absolute Gasteiger partial charge is 0.345 e. The predicted octanol–water partition coefficient (Wildman–Crippen LogP) is 1.39. The van der Waals surface area contributed by atoms with Gasteiger partial charge in [-0.3, -0.25) is 4.79 Å². The molecule has 1 spiro atoms. The van der Waals surface area contributed by atoms with Crippen molar-refractivity contribution in [2.75, 3.05) is 7.11 Å². The van der Waals surface area contributed by atoms with E-state index in [9.17, 15) is 14.7 Å². The molecule has 0 saturated heterocycles. The number of hydrogen-bond acceptors (Lipinski definition) is 4. The SMILES string of the molecule is COC(=O)C1=C(O)c2cccn2C2(CCC2)C1=O. The summed E-state index contributed by atoms with van der Waals surface area (Å²) in [6, 6.07) is 3.46. The van der Waals surface area contributed by atoms with E-state index in [0.29, 0.717) is 18.5 Å². The van der Waals surface area contributed by atoms with Gasteiger partial charge < -0.3 is 14.4 Å². The van der Waals surface area contributed by atoms with Gasteiger partial charge in [0.15, 0.2) is 11.5 Å². The predicted molar refractivity (Wildman–Crippen MR) is 62.8 cm³/mol. The van der Waals surface area contributed by atoms with Gasteiger partial charge in [0.05, 0.1) is 12.8 Å². The van der Waals surface area contributed by atoms with Gasteiger partial charge in [-0.2, -0.15) is 0 Å². The second-order valence-corrected chi connectivity index (χ2v) is 4.69. The number of aliphatic hydroxyl groups excluding tert-OH is 1. The summed E-state index contributed by atoms with van der Waals surface area (Å²) in [4.78, 5) is 24.1. The molecule has 1 saturated carbocycles. The van der Waals surface area contributed by atoms with E-state index in [1.54, 1.807) is 22.9 Å². The maximum Gasteiger partial charge on any atom is 0.345 e. The largest absolute Gasteiger partial charge is 0.505 e. The minimum atomic E-state index is -0.767. The second kappa shape index (κ2) is 3.48. The Labute approximate surface area is 104 Å². The standard InChI is InChI=1S/C13H13NO4/c1-18-12(17)9-10(15)8-4-2-7-14(8)13(11(9)16)5-3-6-13/h2,4,7,15H,3,5-6H2,1H3. The lowest BCUT2D eigenvalue weighted by Crippen LogP contribution is -2.52. The summed E-state index contributed by atoms with van der Waals surface area (Å²) in [5.74, 6) is -1.38. The highest BCUT2D eigenvalue weighted by Gasteiger charge is 2.52. The average molecular weight is 247 g/mol. The lowest BCUT2D eigenvalue weighted by atomic mass is 9.69. The van der Waals surface area contributed by atoms with Crippen LogP contribution in [-0.2, 0) is 19.9 Å². The van der Waals surface area contributed by atoms with E-state index in [-0.39, 0.29) is 17.1 Å². The second-order valence-electron chi connectivity index (χ2n) is 4.69. The van der Waals surface area contributed by atoms with Gasteiger partial charge in [-0.15, -0.1) is 0 Å². The number of carbonyl (C=O) groups is 2. The molecule has 0 aromatic carbocycles.